The summed E-state index contributed by atoms with van der Waals surface area (Å²) in [5.41, 5.74) is 20.5. The fraction of sp³-hybridized carbons (Fsp3) is 0.0588. The lowest BCUT2D eigenvalue weighted by Gasteiger charge is -2.32. The van der Waals surface area contributed by atoms with E-state index in [1.54, 1.807) is 0 Å². The van der Waals surface area contributed by atoms with Crippen LogP contribution < -0.4 is 4.90 Å². The number of benzene rings is 8. The molecule has 0 unspecified atom stereocenters. The summed E-state index contributed by atoms with van der Waals surface area (Å²) in [4.78, 5) is 2.50. The molecule has 10 rings (SSSR count). The molecule has 53 heavy (non-hydrogen) atoms. The van der Waals surface area contributed by atoms with Gasteiger partial charge in [0.25, 0.3) is 0 Å². The molecule has 0 spiro atoms. The molecule has 0 bridgehead atoms. The first-order valence-corrected chi connectivity index (χ1v) is 18.4. The Balaban J connectivity index is 1.28. The number of hydrogen-bond acceptors (Lipinski definition) is 2. The fourth-order valence-corrected chi connectivity index (χ4v) is 8.58. The van der Waals surface area contributed by atoms with Crippen molar-refractivity contribution in [2.75, 3.05) is 4.90 Å². The number of hydrogen-bond donors (Lipinski definition) is 0. The maximum atomic E-state index is 6.42. The summed E-state index contributed by atoms with van der Waals surface area (Å²) in [6, 6.07) is 63.6. The van der Waals surface area contributed by atoms with Crippen molar-refractivity contribution < 1.29 is 4.42 Å². The number of rotatable bonds is 6. The Hall–Kier alpha value is -6.64. The molecule has 9 aromatic rings. The smallest absolute Gasteiger partial charge is 0.136 e. The maximum absolute atomic E-state index is 6.42. The predicted octanol–water partition coefficient (Wildman–Crippen LogP) is 14.2. The molecule has 1 aliphatic carbocycles. The molecule has 0 aliphatic heterocycles. The zero-order valence-corrected chi connectivity index (χ0v) is 29.8. The normalized spacial score (nSPS) is 11.9. The van der Waals surface area contributed by atoms with Gasteiger partial charge >= 0.3 is 0 Å². The second-order valence-corrected chi connectivity index (χ2v) is 14.1. The minimum Gasteiger partial charge on any atom is -0.456 e. The number of furan rings is 1. The molecule has 0 radical (unpaired) electrons. The van der Waals surface area contributed by atoms with Crippen LogP contribution in [0.3, 0.4) is 0 Å². The summed E-state index contributed by atoms with van der Waals surface area (Å²) in [7, 11) is 0. The summed E-state index contributed by atoms with van der Waals surface area (Å²) in [6.07, 6.45) is 0.920. The van der Waals surface area contributed by atoms with Gasteiger partial charge in [0.2, 0.25) is 0 Å². The van der Waals surface area contributed by atoms with Gasteiger partial charge in [0.1, 0.15) is 11.2 Å². The highest BCUT2D eigenvalue weighted by molar-refractivity contribution is 6.14. The Kier molecular flexibility index (Phi) is 7.37. The third-order valence-electron chi connectivity index (χ3n) is 11.1. The number of aryl methyl sites for hydroxylation is 1. The minimum absolute atomic E-state index is 0.889. The second-order valence-electron chi connectivity index (χ2n) is 14.1. The van der Waals surface area contributed by atoms with Crippen molar-refractivity contribution in [2.45, 2.75) is 20.3 Å². The van der Waals surface area contributed by atoms with Crippen molar-refractivity contribution in [3.8, 4) is 44.5 Å². The van der Waals surface area contributed by atoms with Crippen molar-refractivity contribution in [3.05, 3.63) is 198 Å². The summed E-state index contributed by atoms with van der Waals surface area (Å²) in [5.74, 6) is 0. The van der Waals surface area contributed by atoms with E-state index in [1.165, 1.54) is 55.6 Å². The molecule has 0 saturated heterocycles. The average molecular weight is 680 g/mol. The molecule has 2 heteroatoms. The molecule has 8 aromatic carbocycles. The molecule has 1 aliphatic rings. The van der Waals surface area contributed by atoms with E-state index in [0.717, 1.165) is 56.5 Å². The Labute approximate surface area is 310 Å². The van der Waals surface area contributed by atoms with Crippen molar-refractivity contribution >= 4 is 39.0 Å². The van der Waals surface area contributed by atoms with Crippen molar-refractivity contribution in [3.63, 3.8) is 0 Å². The average Bonchev–Trinajstić information content (AvgIpc) is 3.78. The highest BCUT2D eigenvalue weighted by Crippen LogP contribution is 2.52. The summed E-state index contributed by atoms with van der Waals surface area (Å²) >= 11 is 0. The van der Waals surface area contributed by atoms with Crippen molar-refractivity contribution in [1.29, 1.82) is 0 Å². The first-order valence-electron chi connectivity index (χ1n) is 18.4. The van der Waals surface area contributed by atoms with Gasteiger partial charge in [-0.05, 0) is 101 Å². The van der Waals surface area contributed by atoms with Crippen LogP contribution in [0.15, 0.2) is 180 Å². The molecule has 0 fully saturated rings. The van der Waals surface area contributed by atoms with E-state index < -0.39 is 0 Å². The summed E-state index contributed by atoms with van der Waals surface area (Å²) in [5, 5.41) is 2.25. The van der Waals surface area contributed by atoms with Crippen molar-refractivity contribution in [2.24, 2.45) is 0 Å². The largest absolute Gasteiger partial charge is 0.456 e. The van der Waals surface area contributed by atoms with E-state index in [-0.39, 0.29) is 0 Å². The molecule has 1 heterocycles. The lowest BCUT2D eigenvalue weighted by Crippen LogP contribution is -2.14. The van der Waals surface area contributed by atoms with Crippen LogP contribution >= 0.6 is 0 Å². The van der Waals surface area contributed by atoms with Crippen LogP contribution in [0, 0.1) is 13.8 Å². The van der Waals surface area contributed by atoms with Crippen LogP contribution in [0.5, 0.6) is 0 Å². The third kappa shape index (κ3) is 5.02. The SMILES string of the molecule is Cc1cc2c(c(-c3ccccc3N(c3ccccc3-c3ccccc3)c3ccccc3-c3cccc4oc5ccccc5c34)c1C)Cc1ccccc1-2. The zero-order chi connectivity index (χ0) is 35.5. The second kappa shape index (κ2) is 12.5. The zero-order valence-electron chi connectivity index (χ0n) is 29.8. The Morgan fingerprint density at radius 1 is 0.453 bits per heavy atom. The topological polar surface area (TPSA) is 16.4 Å². The van der Waals surface area contributed by atoms with Crippen LogP contribution in [-0.4, -0.2) is 0 Å². The van der Waals surface area contributed by atoms with Crippen LogP contribution in [0.25, 0.3) is 66.4 Å². The van der Waals surface area contributed by atoms with Gasteiger partial charge in [0, 0.05) is 27.5 Å². The van der Waals surface area contributed by atoms with E-state index in [2.05, 4.69) is 189 Å². The van der Waals surface area contributed by atoms with Gasteiger partial charge in [-0.1, -0.05) is 146 Å². The van der Waals surface area contributed by atoms with Crippen molar-refractivity contribution in [1.82, 2.24) is 0 Å². The molecule has 2 nitrogen and oxygen atoms in total. The van der Waals surface area contributed by atoms with Gasteiger partial charge in [-0.15, -0.1) is 0 Å². The highest BCUT2D eigenvalue weighted by atomic mass is 16.3. The Morgan fingerprint density at radius 2 is 1.02 bits per heavy atom. The molecule has 0 atom stereocenters. The number of anilines is 3. The molecular formula is C51H37NO. The Bertz CT molecular complexity index is 2840. The van der Waals surface area contributed by atoms with Gasteiger partial charge in [-0.3, -0.25) is 0 Å². The van der Waals surface area contributed by atoms with Gasteiger partial charge in [0.05, 0.1) is 17.1 Å². The van der Waals surface area contributed by atoms with E-state index in [0.29, 0.717) is 0 Å². The van der Waals surface area contributed by atoms with Gasteiger partial charge in [-0.25, -0.2) is 0 Å². The molecule has 0 amide bonds. The monoisotopic (exact) mass is 679 g/mol. The predicted molar refractivity (Wildman–Crippen MR) is 222 cm³/mol. The van der Waals surface area contributed by atoms with Crippen LogP contribution in [-0.2, 0) is 6.42 Å². The molecule has 252 valence electrons. The quantitative estimate of drug-likeness (QED) is 0.174. The van der Waals surface area contributed by atoms with Gasteiger partial charge < -0.3 is 9.32 Å². The number of nitrogens with zero attached hydrogens (tertiary/aromatic N) is 1. The molecular weight excluding hydrogens is 643 g/mol. The molecule has 1 aromatic heterocycles. The number of para-hydroxylation sites is 4. The van der Waals surface area contributed by atoms with Gasteiger partial charge in [-0.2, -0.15) is 0 Å². The summed E-state index contributed by atoms with van der Waals surface area (Å²) < 4.78 is 6.42. The first-order chi connectivity index (χ1) is 26.2. The van der Waals surface area contributed by atoms with E-state index in [9.17, 15) is 0 Å². The minimum atomic E-state index is 0.889. The van der Waals surface area contributed by atoms with E-state index in [1.807, 2.05) is 6.07 Å². The molecule has 0 N–H and O–H groups in total. The highest BCUT2D eigenvalue weighted by Gasteiger charge is 2.28. The van der Waals surface area contributed by atoms with E-state index in [4.69, 9.17) is 4.42 Å². The van der Waals surface area contributed by atoms with Crippen LogP contribution in [0.2, 0.25) is 0 Å². The lowest BCUT2D eigenvalue weighted by molar-refractivity contribution is 0.669. The molecule has 0 saturated carbocycles. The Morgan fingerprint density at radius 3 is 1.81 bits per heavy atom. The van der Waals surface area contributed by atoms with Gasteiger partial charge in [0.15, 0.2) is 0 Å². The van der Waals surface area contributed by atoms with Crippen LogP contribution in [0.4, 0.5) is 17.1 Å². The van der Waals surface area contributed by atoms with E-state index >= 15 is 0 Å². The fourth-order valence-electron chi connectivity index (χ4n) is 8.58. The first kappa shape index (κ1) is 31.1. The summed E-state index contributed by atoms with van der Waals surface area (Å²) in [6.45, 7) is 4.56. The number of fused-ring (bicyclic) bond motifs is 6. The third-order valence-corrected chi connectivity index (χ3v) is 11.1. The standard InChI is InChI=1S/C51H37NO/c1-33-31-43-37-20-7-6-19-36(37)32-44(43)50(34(33)2)41-23-10-14-28-47(41)52(45-26-12-8-21-38(45)35-17-4-3-5-18-35)46-27-13-9-22-39(46)40-25-16-30-49-51(40)42-24-11-15-29-48(42)53-49/h3-31H,32H2,1-2H3. The van der Waals surface area contributed by atoms with Crippen LogP contribution in [0.1, 0.15) is 22.3 Å². The lowest BCUT2D eigenvalue weighted by atomic mass is 9.87. The maximum Gasteiger partial charge on any atom is 0.136 e.